The van der Waals surface area contributed by atoms with Crippen molar-refractivity contribution >= 4 is 27.5 Å². The average molecular weight is 612 g/mol. The molecule has 0 heterocycles. The first-order valence-corrected chi connectivity index (χ1v) is 15.5. The number of benzene rings is 3. The smallest absolute Gasteiger partial charge is 0.264 e. The van der Waals surface area contributed by atoms with Gasteiger partial charge in [0.25, 0.3) is 10.0 Å². The molecule has 11 heteroatoms. The molecule has 232 valence electrons. The largest absolute Gasteiger partial charge is 0.494 e. The molecule has 0 aliphatic rings. The molecule has 1 N–H and O–H groups in total. The zero-order valence-corrected chi connectivity index (χ0v) is 26.6. The molecule has 0 unspecified atom stereocenters. The van der Waals surface area contributed by atoms with E-state index in [0.717, 1.165) is 15.4 Å². The third-order valence-electron chi connectivity index (χ3n) is 6.73. The molecule has 0 spiro atoms. The predicted molar refractivity (Wildman–Crippen MR) is 166 cm³/mol. The summed E-state index contributed by atoms with van der Waals surface area (Å²) < 4.78 is 45.5. The number of nitrogens with one attached hydrogen (secondary N) is 1. The van der Waals surface area contributed by atoms with E-state index in [2.05, 4.69) is 5.32 Å². The summed E-state index contributed by atoms with van der Waals surface area (Å²) in [6.07, 6.45) is 0. The number of ether oxygens (including phenoxy) is 3. The van der Waals surface area contributed by atoms with E-state index >= 15 is 0 Å². The first-order valence-electron chi connectivity index (χ1n) is 14.0. The summed E-state index contributed by atoms with van der Waals surface area (Å²) >= 11 is 0. The van der Waals surface area contributed by atoms with Crippen LogP contribution < -0.4 is 23.8 Å². The van der Waals surface area contributed by atoms with Gasteiger partial charge in [-0.05, 0) is 76.6 Å². The second kappa shape index (κ2) is 14.8. The molecule has 0 aromatic heterocycles. The lowest BCUT2D eigenvalue weighted by molar-refractivity contribution is -0.139. The van der Waals surface area contributed by atoms with Gasteiger partial charge >= 0.3 is 0 Å². The Hall–Kier alpha value is -4.25. The fourth-order valence-electron chi connectivity index (χ4n) is 4.39. The van der Waals surface area contributed by atoms with Crippen LogP contribution in [-0.4, -0.2) is 64.6 Å². The van der Waals surface area contributed by atoms with Gasteiger partial charge in [-0.25, -0.2) is 8.42 Å². The van der Waals surface area contributed by atoms with E-state index in [4.69, 9.17) is 14.2 Å². The molecule has 10 nitrogen and oxygen atoms in total. The van der Waals surface area contributed by atoms with Crippen LogP contribution >= 0.6 is 0 Å². The Morgan fingerprint density at radius 1 is 0.884 bits per heavy atom. The minimum atomic E-state index is -4.30. The fraction of sp³-hybridized carbons (Fsp3) is 0.375. The molecule has 0 bridgehead atoms. The lowest BCUT2D eigenvalue weighted by Crippen LogP contribution is -2.52. The first kappa shape index (κ1) is 33.3. The maximum Gasteiger partial charge on any atom is 0.264 e. The van der Waals surface area contributed by atoms with Crippen LogP contribution in [0.15, 0.2) is 71.6 Å². The van der Waals surface area contributed by atoms with Crippen molar-refractivity contribution in [3.8, 4) is 17.2 Å². The Kier molecular flexibility index (Phi) is 11.4. The minimum Gasteiger partial charge on any atom is -0.494 e. The van der Waals surface area contributed by atoms with Gasteiger partial charge in [-0.15, -0.1) is 0 Å². The van der Waals surface area contributed by atoms with Gasteiger partial charge in [-0.1, -0.05) is 29.8 Å². The Labute approximate surface area is 254 Å². The summed E-state index contributed by atoms with van der Waals surface area (Å²) in [5.41, 5.74) is 2.11. The number of carbonyl (C=O) groups excluding carboxylic acids is 2. The number of amides is 2. The number of carbonyl (C=O) groups is 2. The summed E-state index contributed by atoms with van der Waals surface area (Å²) in [6, 6.07) is 17.3. The highest BCUT2D eigenvalue weighted by molar-refractivity contribution is 7.92. The van der Waals surface area contributed by atoms with E-state index in [-0.39, 0.29) is 34.8 Å². The maximum absolute atomic E-state index is 14.2. The van der Waals surface area contributed by atoms with E-state index in [1.807, 2.05) is 52.0 Å². The van der Waals surface area contributed by atoms with Crippen LogP contribution in [0.3, 0.4) is 0 Å². The van der Waals surface area contributed by atoms with Crippen molar-refractivity contribution in [2.24, 2.45) is 0 Å². The van der Waals surface area contributed by atoms with Crippen LogP contribution in [-0.2, 0) is 26.2 Å². The highest BCUT2D eigenvalue weighted by atomic mass is 32.2. The summed E-state index contributed by atoms with van der Waals surface area (Å²) in [5, 5.41) is 2.85. The summed E-state index contributed by atoms with van der Waals surface area (Å²) in [4.78, 5) is 28.4. The molecule has 3 rings (SSSR count). The number of aryl methyl sites for hydroxylation is 1. The van der Waals surface area contributed by atoms with Crippen molar-refractivity contribution in [1.82, 2.24) is 10.2 Å². The molecule has 3 aromatic rings. The molecular weight excluding hydrogens is 570 g/mol. The quantitative estimate of drug-likeness (QED) is 0.285. The van der Waals surface area contributed by atoms with Gasteiger partial charge in [0.1, 0.15) is 18.3 Å². The van der Waals surface area contributed by atoms with Crippen LogP contribution in [0.1, 0.15) is 38.8 Å². The SMILES string of the molecule is CCOc1ccc(N(CC(=O)N(Cc2ccc(C)cc2)[C@H](C)C(=O)NC(C)C)S(=O)(=O)c2ccc(OC)c(OC)c2)cc1. The molecule has 0 saturated carbocycles. The molecule has 0 aliphatic heterocycles. The van der Waals surface area contributed by atoms with E-state index in [9.17, 15) is 18.0 Å². The lowest BCUT2D eigenvalue weighted by Gasteiger charge is -2.32. The Bertz CT molecular complexity index is 1490. The highest BCUT2D eigenvalue weighted by Gasteiger charge is 2.33. The Morgan fingerprint density at radius 3 is 2.07 bits per heavy atom. The van der Waals surface area contributed by atoms with Gasteiger partial charge in [0.05, 0.1) is 31.4 Å². The van der Waals surface area contributed by atoms with E-state index in [1.54, 1.807) is 31.2 Å². The van der Waals surface area contributed by atoms with Crippen LogP contribution in [0.4, 0.5) is 5.69 Å². The number of hydrogen-bond donors (Lipinski definition) is 1. The topological polar surface area (TPSA) is 114 Å². The molecular formula is C32H41N3O7S. The summed E-state index contributed by atoms with van der Waals surface area (Å²) in [7, 11) is -1.43. The molecule has 0 radical (unpaired) electrons. The third kappa shape index (κ3) is 8.41. The van der Waals surface area contributed by atoms with E-state index in [1.165, 1.54) is 37.3 Å². The normalized spacial score (nSPS) is 11.9. The predicted octanol–water partition coefficient (Wildman–Crippen LogP) is 4.55. The Morgan fingerprint density at radius 2 is 1.51 bits per heavy atom. The molecule has 0 saturated heterocycles. The lowest BCUT2D eigenvalue weighted by atomic mass is 10.1. The molecule has 3 aromatic carbocycles. The molecule has 2 amide bonds. The zero-order valence-electron chi connectivity index (χ0n) is 25.8. The van der Waals surface area contributed by atoms with Gasteiger partial charge in [0.2, 0.25) is 11.8 Å². The number of rotatable bonds is 14. The second-order valence-corrected chi connectivity index (χ2v) is 12.2. The first-order chi connectivity index (χ1) is 20.4. The van der Waals surface area contributed by atoms with Gasteiger partial charge < -0.3 is 24.4 Å². The van der Waals surface area contributed by atoms with Crippen LogP contribution in [0.2, 0.25) is 0 Å². The minimum absolute atomic E-state index is 0.0949. The van der Waals surface area contributed by atoms with Crippen molar-refractivity contribution in [3.05, 3.63) is 77.9 Å². The number of methoxy groups -OCH3 is 2. The van der Waals surface area contributed by atoms with E-state index in [0.29, 0.717) is 18.1 Å². The number of hydrogen-bond acceptors (Lipinski definition) is 7. The zero-order chi connectivity index (χ0) is 31.7. The van der Waals surface area contributed by atoms with Crippen molar-refractivity contribution in [2.75, 3.05) is 31.7 Å². The van der Waals surface area contributed by atoms with Crippen LogP contribution in [0, 0.1) is 6.92 Å². The molecule has 0 aliphatic carbocycles. The third-order valence-corrected chi connectivity index (χ3v) is 8.50. The summed E-state index contributed by atoms with van der Waals surface area (Å²) in [6.45, 7) is 9.10. The fourth-order valence-corrected chi connectivity index (χ4v) is 5.82. The second-order valence-electron chi connectivity index (χ2n) is 10.3. The number of nitrogens with zero attached hydrogens (tertiary/aromatic N) is 2. The highest BCUT2D eigenvalue weighted by Crippen LogP contribution is 2.33. The van der Waals surface area contributed by atoms with Gasteiger partial charge in [-0.3, -0.25) is 13.9 Å². The summed E-state index contributed by atoms with van der Waals surface area (Å²) in [5.74, 6) is 0.248. The maximum atomic E-state index is 14.2. The van der Waals surface area contributed by atoms with Crippen LogP contribution in [0.5, 0.6) is 17.2 Å². The van der Waals surface area contributed by atoms with Gasteiger partial charge in [-0.2, -0.15) is 0 Å². The van der Waals surface area contributed by atoms with Crippen molar-refractivity contribution in [3.63, 3.8) is 0 Å². The van der Waals surface area contributed by atoms with Gasteiger partial charge in [0, 0.05) is 18.7 Å². The average Bonchev–Trinajstić information content (AvgIpc) is 2.98. The van der Waals surface area contributed by atoms with E-state index < -0.39 is 28.5 Å². The van der Waals surface area contributed by atoms with Crippen molar-refractivity contribution < 1.29 is 32.2 Å². The standard InChI is InChI=1S/C32H41N3O7S/c1-8-42-27-15-13-26(14-16-27)35(43(38,39)28-17-18-29(40-6)30(19-28)41-7)21-31(36)34(24(5)32(37)33-22(2)3)20-25-11-9-23(4)10-12-25/h9-19,22,24H,8,20-21H2,1-7H3,(H,33,37)/t24-/m1/s1. The van der Waals surface area contributed by atoms with Crippen molar-refractivity contribution in [2.45, 2.75) is 58.1 Å². The van der Waals surface area contributed by atoms with Crippen LogP contribution in [0.25, 0.3) is 0 Å². The van der Waals surface area contributed by atoms with Gasteiger partial charge in [0.15, 0.2) is 11.5 Å². The molecule has 0 fully saturated rings. The Balaban J connectivity index is 2.08. The molecule has 43 heavy (non-hydrogen) atoms. The molecule has 1 atom stereocenters. The van der Waals surface area contributed by atoms with Crippen molar-refractivity contribution in [1.29, 1.82) is 0 Å². The number of sulfonamides is 1. The monoisotopic (exact) mass is 611 g/mol. The number of anilines is 1.